The Kier molecular flexibility index (Phi) is 4.99. The first-order chi connectivity index (χ1) is 8.25. The van der Waals surface area contributed by atoms with Crippen LogP contribution in [0.3, 0.4) is 0 Å². The monoisotopic (exact) mass is 271 g/mol. The number of anilines is 1. The highest BCUT2D eigenvalue weighted by Gasteiger charge is 2.12. The third-order valence-corrected chi connectivity index (χ3v) is 3.94. The van der Waals surface area contributed by atoms with E-state index in [4.69, 9.17) is 23.2 Å². The van der Waals surface area contributed by atoms with Gasteiger partial charge in [0.05, 0.1) is 10.7 Å². The minimum atomic E-state index is 0.564. The SMILES string of the molecule is Clc1ccc(NC2CCCCCCC2)c(Cl)c1. The Morgan fingerprint density at radius 1 is 0.941 bits per heavy atom. The molecular formula is C14H19Cl2N. The van der Waals surface area contributed by atoms with Crippen molar-refractivity contribution in [2.75, 3.05) is 5.32 Å². The molecule has 0 amide bonds. The van der Waals surface area contributed by atoms with Gasteiger partial charge in [-0.2, -0.15) is 0 Å². The first-order valence-electron chi connectivity index (χ1n) is 6.47. The van der Waals surface area contributed by atoms with Crippen molar-refractivity contribution in [1.29, 1.82) is 0 Å². The summed E-state index contributed by atoms with van der Waals surface area (Å²) in [6.45, 7) is 0. The molecule has 1 aliphatic rings. The van der Waals surface area contributed by atoms with Gasteiger partial charge in [-0.3, -0.25) is 0 Å². The summed E-state index contributed by atoms with van der Waals surface area (Å²) in [4.78, 5) is 0. The second-order valence-corrected chi connectivity index (χ2v) is 5.65. The van der Waals surface area contributed by atoms with E-state index in [0.29, 0.717) is 11.1 Å². The summed E-state index contributed by atoms with van der Waals surface area (Å²) in [5.74, 6) is 0. The maximum absolute atomic E-state index is 6.17. The van der Waals surface area contributed by atoms with Crippen LogP contribution in [-0.4, -0.2) is 6.04 Å². The lowest BCUT2D eigenvalue weighted by molar-refractivity contribution is 0.471. The highest BCUT2D eigenvalue weighted by Crippen LogP contribution is 2.28. The van der Waals surface area contributed by atoms with Crippen molar-refractivity contribution in [3.63, 3.8) is 0 Å². The molecule has 0 spiro atoms. The average Bonchev–Trinajstić information content (AvgIpc) is 2.25. The minimum absolute atomic E-state index is 0.564. The Hall–Kier alpha value is -0.400. The van der Waals surface area contributed by atoms with Crippen LogP contribution in [0.2, 0.25) is 10.0 Å². The van der Waals surface area contributed by atoms with Gasteiger partial charge in [0.1, 0.15) is 0 Å². The molecule has 0 bridgehead atoms. The molecule has 1 aliphatic carbocycles. The molecule has 2 rings (SSSR count). The van der Waals surface area contributed by atoms with E-state index in [9.17, 15) is 0 Å². The Bertz CT molecular complexity index is 357. The van der Waals surface area contributed by atoms with Crippen molar-refractivity contribution in [1.82, 2.24) is 0 Å². The van der Waals surface area contributed by atoms with Crippen LogP contribution in [0.15, 0.2) is 18.2 Å². The van der Waals surface area contributed by atoms with Gasteiger partial charge in [0.25, 0.3) is 0 Å². The normalized spacial score (nSPS) is 18.5. The van der Waals surface area contributed by atoms with Crippen molar-refractivity contribution >= 4 is 28.9 Å². The van der Waals surface area contributed by atoms with Crippen LogP contribution in [0.25, 0.3) is 0 Å². The zero-order chi connectivity index (χ0) is 12.1. The van der Waals surface area contributed by atoms with Crippen LogP contribution < -0.4 is 5.32 Å². The quantitative estimate of drug-likeness (QED) is 0.747. The molecule has 17 heavy (non-hydrogen) atoms. The Morgan fingerprint density at radius 3 is 2.24 bits per heavy atom. The van der Waals surface area contributed by atoms with Gasteiger partial charge in [0.2, 0.25) is 0 Å². The van der Waals surface area contributed by atoms with Gasteiger partial charge in [-0.05, 0) is 31.0 Å². The molecule has 0 aliphatic heterocycles. The lowest BCUT2D eigenvalue weighted by Gasteiger charge is -2.22. The van der Waals surface area contributed by atoms with Crippen molar-refractivity contribution < 1.29 is 0 Å². The van der Waals surface area contributed by atoms with E-state index in [1.807, 2.05) is 12.1 Å². The van der Waals surface area contributed by atoms with E-state index >= 15 is 0 Å². The Balaban J connectivity index is 1.98. The fourth-order valence-corrected chi connectivity index (χ4v) is 2.89. The van der Waals surface area contributed by atoms with Crippen LogP contribution in [0, 0.1) is 0 Å². The van der Waals surface area contributed by atoms with Gasteiger partial charge in [-0.25, -0.2) is 0 Å². The third-order valence-electron chi connectivity index (χ3n) is 3.40. The maximum Gasteiger partial charge on any atom is 0.0652 e. The molecule has 1 aromatic carbocycles. The molecule has 0 heterocycles. The molecule has 1 saturated carbocycles. The van der Waals surface area contributed by atoms with E-state index in [-0.39, 0.29) is 0 Å². The number of hydrogen-bond acceptors (Lipinski definition) is 1. The van der Waals surface area contributed by atoms with Gasteiger partial charge in [0.15, 0.2) is 0 Å². The molecule has 1 fully saturated rings. The Morgan fingerprint density at radius 2 is 1.59 bits per heavy atom. The Labute approximate surface area is 114 Å². The summed E-state index contributed by atoms with van der Waals surface area (Å²) in [6, 6.07) is 6.23. The third kappa shape index (κ3) is 4.08. The predicted molar refractivity (Wildman–Crippen MR) is 76.2 cm³/mol. The molecule has 0 radical (unpaired) electrons. The second-order valence-electron chi connectivity index (χ2n) is 4.81. The fourth-order valence-electron chi connectivity index (χ4n) is 2.43. The number of benzene rings is 1. The standard InChI is InChI=1S/C14H19Cl2N/c15-11-8-9-14(13(16)10-11)17-12-6-4-2-1-3-5-7-12/h8-10,12,17H,1-7H2. The largest absolute Gasteiger partial charge is 0.381 e. The lowest BCUT2D eigenvalue weighted by Crippen LogP contribution is -2.20. The predicted octanol–water partition coefficient (Wildman–Crippen LogP) is 5.52. The summed E-state index contributed by atoms with van der Waals surface area (Å²) in [5.41, 5.74) is 1.02. The second kappa shape index (κ2) is 6.51. The van der Waals surface area contributed by atoms with E-state index < -0.39 is 0 Å². The van der Waals surface area contributed by atoms with Gasteiger partial charge in [-0.1, -0.05) is 55.3 Å². The van der Waals surface area contributed by atoms with E-state index in [0.717, 1.165) is 10.7 Å². The number of hydrogen-bond donors (Lipinski definition) is 1. The van der Waals surface area contributed by atoms with Crippen LogP contribution in [0.5, 0.6) is 0 Å². The lowest BCUT2D eigenvalue weighted by atomic mass is 9.96. The molecule has 0 atom stereocenters. The summed E-state index contributed by atoms with van der Waals surface area (Å²) in [7, 11) is 0. The van der Waals surface area contributed by atoms with Crippen LogP contribution in [0.1, 0.15) is 44.9 Å². The van der Waals surface area contributed by atoms with Crippen LogP contribution in [-0.2, 0) is 0 Å². The molecule has 1 N–H and O–H groups in total. The molecule has 0 saturated heterocycles. The van der Waals surface area contributed by atoms with Gasteiger partial charge < -0.3 is 5.32 Å². The van der Waals surface area contributed by atoms with Gasteiger partial charge in [0, 0.05) is 11.1 Å². The molecule has 0 unspecified atom stereocenters. The summed E-state index contributed by atoms with van der Waals surface area (Å²) in [5, 5.41) is 4.97. The zero-order valence-corrected chi connectivity index (χ0v) is 11.5. The number of rotatable bonds is 2. The molecule has 1 nitrogen and oxygen atoms in total. The average molecular weight is 272 g/mol. The number of nitrogens with one attached hydrogen (secondary N) is 1. The van der Waals surface area contributed by atoms with Crippen molar-refractivity contribution in [3.8, 4) is 0 Å². The van der Waals surface area contributed by atoms with E-state index in [1.165, 1.54) is 44.9 Å². The first kappa shape index (κ1) is 13.0. The van der Waals surface area contributed by atoms with Crippen molar-refractivity contribution in [2.24, 2.45) is 0 Å². The topological polar surface area (TPSA) is 12.0 Å². The van der Waals surface area contributed by atoms with Crippen molar-refractivity contribution in [2.45, 2.75) is 51.0 Å². The fraction of sp³-hybridized carbons (Fsp3) is 0.571. The molecular weight excluding hydrogens is 253 g/mol. The van der Waals surface area contributed by atoms with Gasteiger partial charge >= 0.3 is 0 Å². The van der Waals surface area contributed by atoms with Gasteiger partial charge in [-0.15, -0.1) is 0 Å². The molecule has 0 aromatic heterocycles. The van der Waals surface area contributed by atoms with Crippen LogP contribution in [0.4, 0.5) is 5.69 Å². The maximum atomic E-state index is 6.17. The number of halogens is 2. The first-order valence-corrected chi connectivity index (χ1v) is 7.23. The zero-order valence-electron chi connectivity index (χ0n) is 10.0. The highest BCUT2D eigenvalue weighted by atomic mass is 35.5. The summed E-state index contributed by atoms with van der Waals surface area (Å²) in [6.07, 6.45) is 9.27. The minimum Gasteiger partial charge on any atom is -0.381 e. The molecule has 94 valence electrons. The molecule has 3 heteroatoms. The highest BCUT2D eigenvalue weighted by molar-refractivity contribution is 6.36. The van der Waals surface area contributed by atoms with Crippen LogP contribution >= 0.6 is 23.2 Å². The summed E-state index contributed by atoms with van der Waals surface area (Å²) >= 11 is 12.1. The van der Waals surface area contributed by atoms with Crippen molar-refractivity contribution in [3.05, 3.63) is 28.2 Å². The van der Waals surface area contributed by atoms with E-state index in [2.05, 4.69) is 5.32 Å². The smallest absolute Gasteiger partial charge is 0.0652 e. The summed E-state index contributed by atoms with van der Waals surface area (Å²) < 4.78 is 0. The molecule has 1 aromatic rings. The van der Waals surface area contributed by atoms with E-state index in [1.54, 1.807) is 6.07 Å².